The Hall–Kier alpha value is -1.49. The monoisotopic (exact) mass is 362 g/mol. The van der Waals surface area contributed by atoms with E-state index in [2.05, 4.69) is 6.08 Å². The molecule has 4 aliphatic rings. The first-order chi connectivity index (χ1) is 12.1. The van der Waals surface area contributed by atoms with Crippen LogP contribution in [0.2, 0.25) is 0 Å². The van der Waals surface area contributed by atoms with Crippen LogP contribution in [0.4, 0.5) is 4.39 Å². The molecule has 0 aliphatic heterocycles. The van der Waals surface area contributed by atoms with Gasteiger partial charge >= 0.3 is 5.97 Å². The van der Waals surface area contributed by atoms with Gasteiger partial charge in [0, 0.05) is 17.3 Å². The summed E-state index contributed by atoms with van der Waals surface area (Å²) in [6, 6.07) is 0. The highest BCUT2D eigenvalue weighted by Gasteiger charge is 2.68. The maximum Gasteiger partial charge on any atom is 0.336 e. The van der Waals surface area contributed by atoms with Gasteiger partial charge in [-0.05, 0) is 55.1 Å². The molecule has 142 valence electrons. The van der Waals surface area contributed by atoms with Crippen LogP contribution in [0.1, 0.15) is 52.9 Å². The number of carboxylic acids is 1. The smallest absolute Gasteiger partial charge is 0.336 e. The Kier molecular flexibility index (Phi) is 3.63. The summed E-state index contributed by atoms with van der Waals surface area (Å²) in [5.41, 5.74) is -1.28. The quantitative estimate of drug-likeness (QED) is 0.701. The van der Waals surface area contributed by atoms with Gasteiger partial charge in [0.05, 0.1) is 0 Å². The number of carbonyl (C=O) groups excluding carboxylic acids is 1. The Labute approximate surface area is 153 Å². The number of hydrogen-bond acceptors (Lipinski definition) is 3. The van der Waals surface area contributed by atoms with Crippen LogP contribution in [-0.2, 0) is 9.59 Å². The Bertz CT molecular complexity index is 755. The summed E-state index contributed by atoms with van der Waals surface area (Å²) in [7, 11) is 0. The number of carboxylic acid groups (broad SMARTS) is 1. The molecule has 7 atom stereocenters. The van der Waals surface area contributed by atoms with Crippen LogP contribution >= 0.6 is 0 Å². The molecule has 0 aromatic carbocycles. The number of ketones is 1. The lowest BCUT2D eigenvalue weighted by molar-refractivity contribution is -0.180. The van der Waals surface area contributed by atoms with Gasteiger partial charge < -0.3 is 10.2 Å². The van der Waals surface area contributed by atoms with Crippen LogP contribution in [0.5, 0.6) is 0 Å². The van der Waals surface area contributed by atoms with Gasteiger partial charge in [-0.2, -0.15) is 0 Å². The molecule has 0 spiro atoms. The van der Waals surface area contributed by atoms with E-state index < -0.39 is 28.6 Å². The summed E-state index contributed by atoms with van der Waals surface area (Å²) in [6.45, 7) is 5.67. The van der Waals surface area contributed by atoms with Gasteiger partial charge in [-0.25, -0.2) is 9.18 Å². The van der Waals surface area contributed by atoms with Gasteiger partial charge in [0.1, 0.15) is 6.17 Å². The average molecular weight is 362 g/mol. The van der Waals surface area contributed by atoms with Crippen LogP contribution < -0.4 is 0 Å². The second-order valence-corrected chi connectivity index (χ2v) is 9.30. The number of carbonyl (C=O) groups is 2. The first-order valence-corrected chi connectivity index (χ1v) is 9.61. The number of aliphatic hydroxyl groups is 1. The molecule has 4 aliphatic carbocycles. The van der Waals surface area contributed by atoms with E-state index in [-0.39, 0.29) is 30.0 Å². The number of rotatable bonds is 1. The van der Waals surface area contributed by atoms with Crippen molar-refractivity contribution in [3.05, 3.63) is 23.3 Å². The maximum atomic E-state index is 15.1. The number of halogens is 1. The molecule has 0 aromatic rings. The first-order valence-electron chi connectivity index (χ1n) is 9.61. The van der Waals surface area contributed by atoms with E-state index in [1.807, 2.05) is 13.8 Å². The molecule has 5 heteroatoms. The minimum Gasteiger partial charge on any atom is -0.479 e. The van der Waals surface area contributed by atoms with Crippen molar-refractivity contribution in [2.24, 2.45) is 28.6 Å². The minimum absolute atomic E-state index is 0.00503. The highest BCUT2D eigenvalue weighted by Crippen LogP contribution is 2.67. The van der Waals surface area contributed by atoms with E-state index >= 15 is 4.39 Å². The minimum atomic E-state index is -1.79. The maximum absolute atomic E-state index is 15.1. The summed E-state index contributed by atoms with van der Waals surface area (Å²) in [6.07, 6.45) is 4.77. The van der Waals surface area contributed by atoms with E-state index in [4.69, 9.17) is 0 Å². The molecule has 2 fully saturated rings. The van der Waals surface area contributed by atoms with Gasteiger partial charge in [0.2, 0.25) is 0 Å². The third-order valence-corrected chi connectivity index (χ3v) is 8.23. The predicted molar refractivity (Wildman–Crippen MR) is 94.1 cm³/mol. The fourth-order valence-corrected chi connectivity index (χ4v) is 6.66. The number of hydrogen-bond donors (Lipinski definition) is 2. The summed E-state index contributed by atoms with van der Waals surface area (Å²) in [4.78, 5) is 23.8. The lowest BCUT2D eigenvalue weighted by atomic mass is 9.50. The molecule has 0 saturated heterocycles. The largest absolute Gasteiger partial charge is 0.479 e. The van der Waals surface area contributed by atoms with Crippen molar-refractivity contribution < 1.29 is 24.2 Å². The van der Waals surface area contributed by atoms with E-state index in [1.54, 1.807) is 6.92 Å². The highest BCUT2D eigenvalue weighted by molar-refractivity contribution is 5.92. The summed E-state index contributed by atoms with van der Waals surface area (Å²) in [5.74, 6) is -1.69. The topological polar surface area (TPSA) is 74.6 Å². The van der Waals surface area contributed by atoms with Crippen LogP contribution in [0.25, 0.3) is 0 Å². The first kappa shape index (κ1) is 17.9. The molecule has 0 heterocycles. The van der Waals surface area contributed by atoms with Gasteiger partial charge in [-0.15, -0.1) is 0 Å². The summed E-state index contributed by atoms with van der Waals surface area (Å²) in [5, 5.41) is 20.9. The fraction of sp³-hybridized carbons (Fsp3) is 0.714. The van der Waals surface area contributed by atoms with Crippen molar-refractivity contribution in [1.29, 1.82) is 0 Å². The van der Waals surface area contributed by atoms with Crippen molar-refractivity contribution in [2.45, 2.75) is 64.6 Å². The fourth-order valence-electron chi connectivity index (χ4n) is 6.66. The zero-order chi connectivity index (χ0) is 19.1. The molecule has 4 nitrogen and oxygen atoms in total. The van der Waals surface area contributed by atoms with Crippen LogP contribution in [0.3, 0.4) is 0 Å². The molecule has 26 heavy (non-hydrogen) atoms. The number of aliphatic carboxylic acids is 1. The van der Waals surface area contributed by atoms with E-state index in [0.717, 1.165) is 5.57 Å². The molecule has 0 aromatic heterocycles. The SMILES string of the molecule is C[C@H]1C[C@H]2[C@@H]3C[C@H](F)C4=CC(=O)CC[C@]4(C)C3=CC[C@]2(C)[C@@]1(O)C(=O)O. The van der Waals surface area contributed by atoms with Crippen molar-refractivity contribution in [2.75, 3.05) is 0 Å². The van der Waals surface area contributed by atoms with E-state index in [9.17, 15) is 19.8 Å². The zero-order valence-corrected chi connectivity index (χ0v) is 15.6. The van der Waals surface area contributed by atoms with Crippen LogP contribution in [-0.4, -0.2) is 33.7 Å². The molecular formula is C21H27FO4. The molecule has 0 bridgehead atoms. The third-order valence-electron chi connectivity index (χ3n) is 8.23. The lowest BCUT2D eigenvalue weighted by Crippen LogP contribution is -2.57. The van der Waals surface area contributed by atoms with Crippen molar-refractivity contribution in [3.63, 3.8) is 0 Å². The van der Waals surface area contributed by atoms with Crippen molar-refractivity contribution >= 4 is 11.8 Å². The lowest BCUT2D eigenvalue weighted by Gasteiger charge is -2.54. The zero-order valence-electron chi connectivity index (χ0n) is 15.6. The molecule has 0 radical (unpaired) electrons. The van der Waals surface area contributed by atoms with E-state index in [1.165, 1.54) is 6.08 Å². The second-order valence-electron chi connectivity index (χ2n) is 9.30. The predicted octanol–water partition coefficient (Wildman–Crippen LogP) is 3.45. The Balaban J connectivity index is 1.83. The standard InChI is InChI=1S/C21H27FO4/c1-11-8-15-13-10-17(22)16-9-12(23)4-6-19(16,2)14(13)5-7-20(15,3)21(11,26)18(24)25/h5,9,11,13,15,17,26H,4,6-8,10H2,1-3H3,(H,24,25)/t11-,13+,15-,17-,19+,20-,21-/m0/s1. The molecule has 2 saturated carbocycles. The molecule has 4 rings (SSSR count). The Morgan fingerprint density at radius 2 is 1.96 bits per heavy atom. The van der Waals surface area contributed by atoms with Crippen molar-refractivity contribution in [1.82, 2.24) is 0 Å². The van der Waals surface area contributed by atoms with Gasteiger partial charge in [-0.3, -0.25) is 4.79 Å². The Morgan fingerprint density at radius 1 is 1.27 bits per heavy atom. The molecule has 0 amide bonds. The van der Waals surface area contributed by atoms with E-state index in [0.29, 0.717) is 31.3 Å². The molecular weight excluding hydrogens is 335 g/mol. The number of alkyl halides is 1. The van der Waals surface area contributed by atoms with Gasteiger partial charge in [0.15, 0.2) is 11.4 Å². The average Bonchev–Trinajstić information content (AvgIpc) is 2.78. The van der Waals surface area contributed by atoms with Crippen LogP contribution in [0, 0.1) is 28.6 Å². The van der Waals surface area contributed by atoms with Gasteiger partial charge in [0.25, 0.3) is 0 Å². The van der Waals surface area contributed by atoms with Crippen molar-refractivity contribution in [3.8, 4) is 0 Å². The summed E-state index contributed by atoms with van der Waals surface area (Å²) >= 11 is 0. The third kappa shape index (κ3) is 1.93. The van der Waals surface area contributed by atoms with Gasteiger partial charge in [-0.1, -0.05) is 32.4 Å². The molecule has 0 unspecified atom stereocenters. The van der Waals surface area contributed by atoms with Crippen LogP contribution in [0.15, 0.2) is 23.3 Å². The normalized spacial score (nSPS) is 50.3. The highest BCUT2D eigenvalue weighted by atomic mass is 19.1. The molecule has 2 N–H and O–H groups in total. The number of allylic oxidation sites excluding steroid dienone is 4. The Morgan fingerprint density at radius 3 is 2.62 bits per heavy atom. The summed E-state index contributed by atoms with van der Waals surface area (Å²) < 4.78 is 15.1. The second kappa shape index (κ2) is 5.28. The number of fused-ring (bicyclic) bond motifs is 5.